The average Bonchev–Trinajstić information content (AvgIpc) is 3.04. The number of hydrogen-bond donors (Lipinski definition) is 0. The van der Waals surface area contributed by atoms with E-state index >= 15 is 0 Å². The predicted octanol–water partition coefficient (Wildman–Crippen LogP) is 9.28. The third-order valence-corrected chi connectivity index (χ3v) is 12.0. The highest BCUT2D eigenvalue weighted by molar-refractivity contribution is 6.44. The highest BCUT2D eigenvalue weighted by Gasteiger charge is 2.60. The maximum Gasteiger partial charge on any atom is 0.110 e. The highest BCUT2D eigenvalue weighted by Crippen LogP contribution is 2.68. The summed E-state index contributed by atoms with van der Waals surface area (Å²) in [6.45, 7) is 10.2. The maximum atomic E-state index is 6.07. The van der Waals surface area contributed by atoms with Gasteiger partial charge in [0, 0.05) is 0 Å². The van der Waals surface area contributed by atoms with Crippen molar-refractivity contribution in [3.63, 3.8) is 0 Å². The molecule has 0 N–H and O–H groups in total. The third kappa shape index (κ3) is 4.05. The first-order chi connectivity index (χ1) is 13.8. The first-order valence-corrected chi connectivity index (χ1v) is 13.9. The van der Waals surface area contributed by atoms with Crippen molar-refractivity contribution in [2.24, 2.45) is 52.3 Å². The summed E-state index contributed by atoms with van der Waals surface area (Å²) in [6.07, 6.45) is 19.1. The fraction of sp³-hybridized carbons (Fsp3) is 1.00. The molecule has 0 spiro atoms. The van der Waals surface area contributed by atoms with Gasteiger partial charge in [-0.2, -0.15) is 0 Å². The van der Waals surface area contributed by atoms with Crippen LogP contribution in [0, 0.1) is 52.3 Å². The van der Waals surface area contributed by atoms with Gasteiger partial charge in [-0.3, -0.25) is 0 Å². The molecule has 0 aliphatic heterocycles. The Morgan fingerprint density at radius 2 is 1.55 bits per heavy atom. The van der Waals surface area contributed by atoms with Crippen molar-refractivity contribution in [2.75, 3.05) is 0 Å². The van der Waals surface area contributed by atoms with E-state index in [2.05, 4.69) is 27.7 Å². The zero-order chi connectivity index (χ0) is 20.8. The Balaban J connectivity index is 1.41. The molecule has 0 saturated heterocycles. The summed E-state index contributed by atoms with van der Waals surface area (Å²) < 4.78 is 0. The highest BCUT2D eigenvalue weighted by atomic mass is 35.5. The van der Waals surface area contributed by atoms with Crippen LogP contribution in [-0.4, -0.2) is 4.84 Å². The smallest absolute Gasteiger partial charge is 0.105 e. The molecule has 0 amide bonds. The lowest BCUT2D eigenvalue weighted by Gasteiger charge is -2.61. The molecule has 0 bridgehead atoms. The fourth-order valence-electron chi connectivity index (χ4n) is 9.36. The average molecular weight is 442 g/mol. The fourth-order valence-corrected chi connectivity index (χ4v) is 9.61. The summed E-state index contributed by atoms with van der Waals surface area (Å²) in [5.41, 5.74) is 1.30. The molecule has 2 heteroatoms. The van der Waals surface area contributed by atoms with Crippen LogP contribution in [0.15, 0.2) is 0 Å². The van der Waals surface area contributed by atoms with Gasteiger partial charge in [-0.25, -0.2) is 0 Å². The minimum atomic E-state index is -0.203. The minimum Gasteiger partial charge on any atom is -0.105 e. The quantitative estimate of drug-likeness (QED) is 0.360. The molecular formula is C27H46Cl2. The summed E-state index contributed by atoms with van der Waals surface area (Å²) in [7, 11) is 0. The van der Waals surface area contributed by atoms with Gasteiger partial charge >= 0.3 is 0 Å². The van der Waals surface area contributed by atoms with Crippen molar-refractivity contribution in [1.29, 1.82) is 0 Å². The van der Waals surface area contributed by atoms with Gasteiger partial charge in [0.2, 0.25) is 0 Å². The lowest BCUT2D eigenvalue weighted by Crippen LogP contribution is -2.53. The van der Waals surface area contributed by atoms with E-state index in [1.165, 1.54) is 70.6 Å². The maximum absolute atomic E-state index is 6.07. The summed E-state index contributed by atoms with van der Waals surface area (Å²) in [6, 6.07) is 0. The second-order valence-electron chi connectivity index (χ2n) is 12.4. The number of rotatable bonds is 6. The van der Waals surface area contributed by atoms with Gasteiger partial charge < -0.3 is 0 Å². The second-order valence-corrected chi connectivity index (χ2v) is 13.5. The first-order valence-electron chi connectivity index (χ1n) is 13.1. The molecule has 4 aliphatic carbocycles. The molecule has 4 rings (SSSR count). The van der Waals surface area contributed by atoms with E-state index in [-0.39, 0.29) is 4.84 Å². The normalized spacial score (nSPS) is 46.7. The number of alkyl halides is 2. The Bertz CT molecular complexity index is 559. The van der Waals surface area contributed by atoms with Gasteiger partial charge in [0.1, 0.15) is 4.84 Å². The van der Waals surface area contributed by atoms with Gasteiger partial charge in [-0.15, -0.1) is 23.2 Å². The molecule has 4 fully saturated rings. The monoisotopic (exact) mass is 440 g/mol. The molecule has 0 heterocycles. The molecule has 4 aliphatic rings. The van der Waals surface area contributed by atoms with Crippen LogP contribution < -0.4 is 0 Å². The van der Waals surface area contributed by atoms with Gasteiger partial charge in [-0.05, 0) is 110 Å². The molecule has 0 aromatic carbocycles. The topological polar surface area (TPSA) is 0 Å². The second kappa shape index (κ2) is 8.84. The van der Waals surface area contributed by atoms with Gasteiger partial charge in [-0.1, -0.05) is 53.4 Å². The van der Waals surface area contributed by atoms with E-state index in [0.717, 1.165) is 35.5 Å². The Morgan fingerprint density at radius 1 is 0.793 bits per heavy atom. The number of fused-ring (bicyclic) bond motifs is 5. The standard InChI is InChI=1S/C27H46Cl2/c1-18(8-7-9-19(2)25(28)29)22-13-14-23-21-12-11-20-10-5-6-16-26(20,3)24(21)15-17-27(22,23)4/h18-25H,5-17H2,1-4H3/t18-,19?,20?,21+,22-,23+,24+,26+,27-/m1/s1. The molecule has 0 radical (unpaired) electrons. The van der Waals surface area contributed by atoms with Crippen LogP contribution in [0.3, 0.4) is 0 Å². The van der Waals surface area contributed by atoms with E-state index in [1.807, 2.05) is 0 Å². The van der Waals surface area contributed by atoms with E-state index in [0.29, 0.717) is 16.7 Å². The largest absolute Gasteiger partial charge is 0.110 e. The lowest BCUT2D eigenvalue weighted by molar-refractivity contribution is -0.114. The molecule has 0 aromatic rings. The molecule has 9 atom stereocenters. The Hall–Kier alpha value is 0.580. The van der Waals surface area contributed by atoms with Crippen LogP contribution in [-0.2, 0) is 0 Å². The van der Waals surface area contributed by atoms with Crippen LogP contribution in [0.4, 0.5) is 0 Å². The summed E-state index contributed by atoms with van der Waals surface area (Å²) in [5, 5.41) is 0. The Morgan fingerprint density at radius 3 is 2.31 bits per heavy atom. The van der Waals surface area contributed by atoms with Crippen molar-refractivity contribution < 1.29 is 0 Å². The van der Waals surface area contributed by atoms with E-state index in [4.69, 9.17) is 23.2 Å². The van der Waals surface area contributed by atoms with Gasteiger partial charge in [0.15, 0.2) is 0 Å². The summed E-state index contributed by atoms with van der Waals surface area (Å²) >= 11 is 12.1. The van der Waals surface area contributed by atoms with Gasteiger partial charge in [0.25, 0.3) is 0 Å². The first kappa shape index (κ1) is 22.8. The molecule has 4 saturated carbocycles. The predicted molar refractivity (Wildman–Crippen MR) is 128 cm³/mol. The van der Waals surface area contributed by atoms with Crippen molar-refractivity contribution in [3.05, 3.63) is 0 Å². The molecule has 168 valence electrons. The van der Waals surface area contributed by atoms with Crippen molar-refractivity contribution in [2.45, 2.75) is 116 Å². The van der Waals surface area contributed by atoms with E-state index in [1.54, 1.807) is 12.8 Å². The zero-order valence-corrected chi connectivity index (χ0v) is 21.1. The summed E-state index contributed by atoms with van der Waals surface area (Å²) in [5.74, 6) is 6.38. The van der Waals surface area contributed by atoms with Crippen LogP contribution in [0.25, 0.3) is 0 Å². The van der Waals surface area contributed by atoms with Crippen molar-refractivity contribution in [1.82, 2.24) is 0 Å². The van der Waals surface area contributed by atoms with Crippen LogP contribution >= 0.6 is 23.2 Å². The van der Waals surface area contributed by atoms with Crippen LogP contribution in [0.5, 0.6) is 0 Å². The number of halogens is 2. The van der Waals surface area contributed by atoms with Gasteiger partial charge in [0.05, 0.1) is 0 Å². The SMILES string of the molecule is CC(CCC[C@@H](C)[C@H]1CC[C@H]2[C@@H]3CCC4CCCC[C@]4(C)[C@H]3CC[C@]12C)C(Cl)Cl. The third-order valence-electron chi connectivity index (χ3n) is 11.1. The minimum absolute atomic E-state index is 0.203. The van der Waals surface area contributed by atoms with Crippen LogP contribution in [0.1, 0.15) is 111 Å². The summed E-state index contributed by atoms with van der Waals surface area (Å²) in [4.78, 5) is -0.203. The van der Waals surface area contributed by atoms with E-state index in [9.17, 15) is 0 Å². The van der Waals surface area contributed by atoms with Crippen molar-refractivity contribution >= 4 is 23.2 Å². The van der Waals surface area contributed by atoms with E-state index < -0.39 is 0 Å². The molecule has 29 heavy (non-hydrogen) atoms. The van der Waals surface area contributed by atoms with Crippen LogP contribution in [0.2, 0.25) is 0 Å². The molecule has 0 nitrogen and oxygen atoms in total. The Labute approximate surface area is 191 Å². The van der Waals surface area contributed by atoms with Crippen molar-refractivity contribution in [3.8, 4) is 0 Å². The Kier molecular flexibility index (Phi) is 6.94. The molecular weight excluding hydrogens is 395 g/mol. The molecule has 0 aromatic heterocycles. The zero-order valence-electron chi connectivity index (χ0n) is 19.6. The molecule has 2 unspecified atom stereocenters. The number of hydrogen-bond acceptors (Lipinski definition) is 0. The lowest BCUT2D eigenvalue weighted by atomic mass is 9.44.